The number of fused-ring (bicyclic) bond motifs is 1. The standard InChI is InChI=1S/C8H3ClINO2S/c9-6-4-2-1-3-5(10)7(4)14-8(6)11(12)13/h1-3H. The van der Waals surface area contributed by atoms with Crippen LogP contribution in [0.2, 0.25) is 5.02 Å². The van der Waals surface area contributed by atoms with Gasteiger partial charge in [0, 0.05) is 8.96 Å². The topological polar surface area (TPSA) is 43.1 Å². The Hall–Kier alpha value is -0.400. The molecule has 2 aromatic rings. The van der Waals surface area contributed by atoms with Crippen LogP contribution in [0.25, 0.3) is 10.1 Å². The number of rotatable bonds is 1. The lowest BCUT2D eigenvalue weighted by Gasteiger charge is -1.90. The summed E-state index contributed by atoms with van der Waals surface area (Å²) in [5.41, 5.74) is 0. The van der Waals surface area contributed by atoms with Crippen LogP contribution < -0.4 is 0 Å². The van der Waals surface area contributed by atoms with Crippen LogP contribution in [0, 0.1) is 13.7 Å². The van der Waals surface area contributed by atoms with Gasteiger partial charge >= 0.3 is 5.00 Å². The number of hydrogen-bond acceptors (Lipinski definition) is 3. The zero-order valence-corrected chi connectivity index (χ0v) is 10.4. The Morgan fingerprint density at radius 3 is 2.79 bits per heavy atom. The van der Waals surface area contributed by atoms with E-state index in [1.54, 1.807) is 6.07 Å². The fraction of sp³-hybridized carbons (Fsp3) is 0. The SMILES string of the molecule is O=[N+]([O-])c1sc2c(I)cccc2c1Cl. The molecule has 6 heteroatoms. The molecule has 2 rings (SSSR count). The van der Waals surface area contributed by atoms with Gasteiger partial charge in [-0.2, -0.15) is 0 Å². The van der Waals surface area contributed by atoms with Crippen molar-refractivity contribution in [3.63, 3.8) is 0 Å². The zero-order chi connectivity index (χ0) is 10.3. The first-order valence-corrected chi connectivity index (χ1v) is 5.89. The van der Waals surface area contributed by atoms with E-state index >= 15 is 0 Å². The van der Waals surface area contributed by atoms with Crippen molar-refractivity contribution in [2.24, 2.45) is 0 Å². The molecule has 0 radical (unpaired) electrons. The summed E-state index contributed by atoms with van der Waals surface area (Å²) in [6.45, 7) is 0. The Kier molecular flexibility index (Phi) is 2.63. The van der Waals surface area contributed by atoms with Crippen LogP contribution in [0.5, 0.6) is 0 Å². The van der Waals surface area contributed by atoms with Crippen LogP contribution in [0.4, 0.5) is 5.00 Å². The minimum atomic E-state index is -0.441. The number of halogens is 2. The van der Waals surface area contributed by atoms with Crippen molar-refractivity contribution >= 4 is 60.6 Å². The average Bonchev–Trinajstić information content (AvgIpc) is 2.46. The molecule has 0 aliphatic heterocycles. The van der Waals surface area contributed by atoms with Gasteiger partial charge in [-0.15, -0.1) is 0 Å². The predicted molar refractivity (Wildman–Crippen MR) is 66.2 cm³/mol. The number of thiophene rings is 1. The highest BCUT2D eigenvalue weighted by Gasteiger charge is 2.20. The van der Waals surface area contributed by atoms with Gasteiger partial charge in [-0.1, -0.05) is 35.1 Å². The largest absolute Gasteiger partial charge is 0.343 e. The maximum Gasteiger partial charge on any atom is 0.343 e. The summed E-state index contributed by atoms with van der Waals surface area (Å²) in [6.07, 6.45) is 0. The minimum absolute atomic E-state index is 0.0192. The predicted octanol–water partition coefficient (Wildman–Crippen LogP) is 4.07. The molecule has 0 saturated carbocycles. The Labute approximate surface area is 102 Å². The molecule has 0 bridgehead atoms. The van der Waals surface area contributed by atoms with Crippen molar-refractivity contribution in [1.29, 1.82) is 0 Å². The lowest BCUT2D eigenvalue weighted by Crippen LogP contribution is -1.82. The summed E-state index contributed by atoms with van der Waals surface area (Å²) in [5, 5.41) is 11.7. The van der Waals surface area contributed by atoms with Crippen molar-refractivity contribution < 1.29 is 4.92 Å². The highest BCUT2D eigenvalue weighted by molar-refractivity contribution is 14.1. The van der Waals surface area contributed by atoms with E-state index < -0.39 is 4.92 Å². The first-order chi connectivity index (χ1) is 6.61. The molecule has 0 amide bonds. The summed E-state index contributed by atoms with van der Waals surface area (Å²) >= 11 is 9.15. The third kappa shape index (κ3) is 1.49. The molecule has 0 aliphatic carbocycles. The number of nitro groups is 1. The fourth-order valence-electron chi connectivity index (χ4n) is 1.16. The summed E-state index contributed by atoms with van der Waals surface area (Å²) in [6, 6.07) is 5.54. The second kappa shape index (κ2) is 3.63. The van der Waals surface area contributed by atoms with Crippen LogP contribution in [-0.2, 0) is 0 Å². The Morgan fingerprint density at radius 1 is 1.50 bits per heavy atom. The summed E-state index contributed by atoms with van der Waals surface area (Å²) in [5.74, 6) is 0. The molecule has 1 aromatic carbocycles. The quantitative estimate of drug-likeness (QED) is 0.446. The van der Waals surface area contributed by atoms with Gasteiger partial charge in [-0.05, 0) is 28.7 Å². The van der Waals surface area contributed by atoms with E-state index in [0.29, 0.717) is 0 Å². The van der Waals surface area contributed by atoms with Crippen LogP contribution in [-0.4, -0.2) is 4.92 Å². The Balaban J connectivity index is 2.86. The second-order valence-corrected chi connectivity index (χ2v) is 5.13. The van der Waals surface area contributed by atoms with Crippen LogP contribution in [0.15, 0.2) is 18.2 Å². The molecule has 0 N–H and O–H groups in total. The fourth-order valence-corrected chi connectivity index (χ4v) is 3.30. The van der Waals surface area contributed by atoms with Gasteiger partial charge in [0.2, 0.25) is 0 Å². The zero-order valence-electron chi connectivity index (χ0n) is 6.66. The van der Waals surface area contributed by atoms with Crippen molar-refractivity contribution in [2.75, 3.05) is 0 Å². The summed E-state index contributed by atoms with van der Waals surface area (Å²) in [4.78, 5) is 10.2. The Bertz CT molecular complexity index is 525. The van der Waals surface area contributed by atoms with E-state index in [1.807, 2.05) is 12.1 Å². The highest BCUT2D eigenvalue weighted by Crippen LogP contribution is 2.42. The third-order valence-electron chi connectivity index (χ3n) is 1.76. The normalized spacial score (nSPS) is 10.7. The van der Waals surface area contributed by atoms with E-state index in [4.69, 9.17) is 11.6 Å². The summed E-state index contributed by atoms with van der Waals surface area (Å²) in [7, 11) is 0. The van der Waals surface area contributed by atoms with Crippen molar-refractivity contribution in [3.05, 3.63) is 36.9 Å². The third-order valence-corrected chi connectivity index (χ3v) is 4.71. The van der Waals surface area contributed by atoms with E-state index in [2.05, 4.69) is 22.6 Å². The number of hydrogen-bond donors (Lipinski definition) is 0. The van der Waals surface area contributed by atoms with Gasteiger partial charge < -0.3 is 0 Å². The average molecular weight is 340 g/mol. The maximum atomic E-state index is 10.6. The molecule has 0 fully saturated rings. The maximum absolute atomic E-state index is 10.6. The van der Waals surface area contributed by atoms with E-state index in [0.717, 1.165) is 25.0 Å². The lowest BCUT2D eigenvalue weighted by atomic mass is 10.3. The van der Waals surface area contributed by atoms with Crippen LogP contribution >= 0.6 is 45.5 Å². The molecule has 14 heavy (non-hydrogen) atoms. The molecular weight excluding hydrogens is 337 g/mol. The minimum Gasteiger partial charge on any atom is -0.257 e. The molecule has 0 atom stereocenters. The second-order valence-electron chi connectivity index (χ2n) is 2.59. The summed E-state index contributed by atoms with van der Waals surface area (Å²) < 4.78 is 1.87. The molecule has 0 spiro atoms. The smallest absolute Gasteiger partial charge is 0.257 e. The van der Waals surface area contributed by atoms with Crippen molar-refractivity contribution in [1.82, 2.24) is 0 Å². The monoisotopic (exact) mass is 339 g/mol. The Morgan fingerprint density at radius 2 is 2.21 bits per heavy atom. The molecule has 1 aromatic heterocycles. The van der Waals surface area contributed by atoms with Crippen LogP contribution in [0.1, 0.15) is 0 Å². The lowest BCUT2D eigenvalue weighted by molar-refractivity contribution is -0.379. The first-order valence-electron chi connectivity index (χ1n) is 3.62. The molecule has 72 valence electrons. The molecule has 0 unspecified atom stereocenters. The van der Waals surface area contributed by atoms with Gasteiger partial charge in [-0.3, -0.25) is 10.1 Å². The van der Waals surface area contributed by atoms with Gasteiger partial charge in [0.25, 0.3) is 0 Å². The van der Waals surface area contributed by atoms with Crippen LogP contribution in [0.3, 0.4) is 0 Å². The molecule has 0 saturated heterocycles. The van der Waals surface area contributed by atoms with Crippen molar-refractivity contribution in [3.8, 4) is 0 Å². The number of nitrogens with zero attached hydrogens (tertiary/aromatic N) is 1. The van der Waals surface area contributed by atoms with E-state index in [-0.39, 0.29) is 10.0 Å². The van der Waals surface area contributed by atoms with Gasteiger partial charge in [-0.25, -0.2) is 0 Å². The van der Waals surface area contributed by atoms with Gasteiger partial charge in [0.15, 0.2) is 0 Å². The van der Waals surface area contributed by atoms with Gasteiger partial charge in [0.05, 0.1) is 9.62 Å². The van der Waals surface area contributed by atoms with Gasteiger partial charge in [0.1, 0.15) is 5.02 Å². The number of benzene rings is 1. The van der Waals surface area contributed by atoms with E-state index in [1.165, 1.54) is 0 Å². The van der Waals surface area contributed by atoms with E-state index in [9.17, 15) is 10.1 Å². The first kappa shape index (κ1) is 10.1. The molecule has 1 heterocycles. The molecule has 3 nitrogen and oxygen atoms in total. The molecule has 0 aliphatic rings. The highest BCUT2D eigenvalue weighted by atomic mass is 127. The molecular formula is C8H3ClINO2S. The van der Waals surface area contributed by atoms with Crippen molar-refractivity contribution in [2.45, 2.75) is 0 Å².